The Bertz CT molecular complexity index is 467. The molecule has 0 saturated heterocycles. The maximum Gasteiger partial charge on any atom is 0.190 e. The number of aromatic nitrogens is 2. The van der Waals surface area contributed by atoms with Crippen molar-refractivity contribution in [2.75, 3.05) is 5.75 Å². The van der Waals surface area contributed by atoms with E-state index in [1.165, 1.54) is 11.8 Å². The Kier molecular flexibility index (Phi) is 3.05. The molecule has 0 aliphatic rings. The van der Waals surface area contributed by atoms with Crippen LogP contribution in [0.3, 0.4) is 0 Å². The zero-order valence-corrected chi connectivity index (χ0v) is 9.62. The third-order valence-electron chi connectivity index (χ3n) is 1.59. The quantitative estimate of drug-likeness (QED) is 0.356. The third kappa shape index (κ3) is 1.92. The van der Waals surface area contributed by atoms with E-state index in [2.05, 4.69) is 16.5 Å². The monoisotopic (exact) mass is 242 g/mol. The lowest BCUT2D eigenvalue weighted by Crippen LogP contribution is -1.87. The van der Waals surface area contributed by atoms with Crippen molar-refractivity contribution in [2.45, 2.75) is 5.16 Å². The summed E-state index contributed by atoms with van der Waals surface area (Å²) >= 11 is 9.11. The lowest BCUT2D eigenvalue weighted by atomic mass is 10.4. The van der Waals surface area contributed by atoms with E-state index in [1.807, 2.05) is 17.5 Å². The Morgan fingerprint density at radius 1 is 1.57 bits per heavy atom. The van der Waals surface area contributed by atoms with Crippen LogP contribution in [0.25, 0.3) is 10.2 Å². The van der Waals surface area contributed by atoms with Gasteiger partial charge in [-0.05, 0) is 11.4 Å². The molecule has 0 amide bonds. The average molecular weight is 243 g/mol. The second-order valence-electron chi connectivity index (χ2n) is 2.54. The minimum atomic E-state index is 0.530. The van der Waals surface area contributed by atoms with Crippen LogP contribution in [0.4, 0.5) is 0 Å². The molecule has 2 rings (SSSR count). The molecule has 2 heterocycles. The summed E-state index contributed by atoms with van der Waals surface area (Å²) in [5, 5.41) is 4.14. The first kappa shape index (κ1) is 9.96. The van der Waals surface area contributed by atoms with Gasteiger partial charge >= 0.3 is 0 Å². The van der Waals surface area contributed by atoms with E-state index in [0.29, 0.717) is 10.3 Å². The molecule has 0 aliphatic carbocycles. The number of thiophene rings is 1. The molecule has 0 spiro atoms. The topological polar surface area (TPSA) is 25.8 Å². The van der Waals surface area contributed by atoms with Crippen molar-refractivity contribution < 1.29 is 0 Å². The van der Waals surface area contributed by atoms with Gasteiger partial charge in [-0.3, -0.25) is 0 Å². The number of thioether (sulfide) groups is 1. The van der Waals surface area contributed by atoms with Gasteiger partial charge in [0.25, 0.3) is 0 Å². The number of rotatable bonds is 3. The van der Waals surface area contributed by atoms with E-state index < -0.39 is 0 Å². The first-order chi connectivity index (χ1) is 6.81. The highest BCUT2D eigenvalue weighted by molar-refractivity contribution is 7.99. The van der Waals surface area contributed by atoms with Crippen molar-refractivity contribution in [1.82, 2.24) is 9.97 Å². The first-order valence-electron chi connectivity index (χ1n) is 3.95. The second-order valence-corrected chi connectivity index (χ2v) is 4.78. The molecular formula is C9H7ClN2S2. The highest BCUT2D eigenvalue weighted by Gasteiger charge is 2.06. The lowest BCUT2D eigenvalue weighted by Gasteiger charge is -1.98. The van der Waals surface area contributed by atoms with E-state index in [-0.39, 0.29) is 0 Å². The van der Waals surface area contributed by atoms with Crippen LogP contribution < -0.4 is 0 Å². The molecule has 72 valence electrons. The first-order valence-corrected chi connectivity index (χ1v) is 6.20. The van der Waals surface area contributed by atoms with Crippen molar-refractivity contribution in [3.8, 4) is 0 Å². The van der Waals surface area contributed by atoms with Crippen molar-refractivity contribution in [3.63, 3.8) is 0 Å². The summed E-state index contributed by atoms with van der Waals surface area (Å²) < 4.78 is 0. The molecular weight excluding hydrogens is 236 g/mol. The molecule has 0 unspecified atom stereocenters. The molecule has 0 aliphatic heterocycles. The van der Waals surface area contributed by atoms with Gasteiger partial charge in [0.05, 0.1) is 0 Å². The van der Waals surface area contributed by atoms with Crippen molar-refractivity contribution >= 4 is 44.9 Å². The van der Waals surface area contributed by atoms with E-state index >= 15 is 0 Å². The number of nitrogens with zero attached hydrogens (tertiary/aromatic N) is 2. The summed E-state index contributed by atoms with van der Waals surface area (Å²) in [6.07, 6.45) is 1.82. The molecule has 0 atom stereocenters. The maximum absolute atomic E-state index is 6.00. The summed E-state index contributed by atoms with van der Waals surface area (Å²) in [6, 6.07) is 1.93. The van der Waals surface area contributed by atoms with Crippen LogP contribution in [0.15, 0.2) is 29.3 Å². The fraction of sp³-hybridized carbons (Fsp3) is 0.111. The smallest absolute Gasteiger partial charge is 0.190 e. The Labute approximate surface area is 95.0 Å². The summed E-state index contributed by atoms with van der Waals surface area (Å²) in [6.45, 7) is 3.64. The summed E-state index contributed by atoms with van der Waals surface area (Å²) in [4.78, 5) is 9.50. The second kappa shape index (κ2) is 4.29. The molecule has 0 bridgehead atoms. The molecule has 0 aromatic carbocycles. The summed E-state index contributed by atoms with van der Waals surface area (Å²) in [7, 11) is 0. The minimum absolute atomic E-state index is 0.530. The van der Waals surface area contributed by atoms with Crippen molar-refractivity contribution in [2.24, 2.45) is 0 Å². The van der Waals surface area contributed by atoms with Crippen LogP contribution in [0, 0.1) is 0 Å². The van der Waals surface area contributed by atoms with E-state index in [9.17, 15) is 0 Å². The molecule has 5 heteroatoms. The lowest BCUT2D eigenvalue weighted by molar-refractivity contribution is 1.01. The van der Waals surface area contributed by atoms with Crippen LogP contribution in [0.5, 0.6) is 0 Å². The summed E-state index contributed by atoms with van der Waals surface area (Å²) in [5.74, 6) is 0.799. The van der Waals surface area contributed by atoms with Gasteiger partial charge < -0.3 is 0 Å². The van der Waals surface area contributed by atoms with Crippen molar-refractivity contribution in [3.05, 3.63) is 29.3 Å². The van der Waals surface area contributed by atoms with Crippen LogP contribution in [-0.2, 0) is 0 Å². The van der Waals surface area contributed by atoms with Gasteiger partial charge in [-0.2, -0.15) is 0 Å². The highest BCUT2D eigenvalue weighted by atomic mass is 35.5. The molecule has 2 aromatic heterocycles. The zero-order chi connectivity index (χ0) is 9.97. The molecule has 2 aromatic rings. The molecule has 0 fully saturated rings. The van der Waals surface area contributed by atoms with Gasteiger partial charge in [0, 0.05) is 11.1 Å². The van der Waals surface area contributed by atoms with Gasteiger partial charge in [-0.1, -0.05) is 29.4 Å². The standard InChI is InChI=1S/C9H7ClN2S2/c1-2-4-14-9-11-7(10)6-3-5-13-8(6)12-9/h2-3,5H,1,4H2. The van der Waals surface area contributed by atoms with E-state index in [0.717, 1.165) is 16.0 Å². The van der Waals surface area contributed by atoms with Gasteiger partial charge in [0.2, 0.25) is 0 Å². The van der Waals surface area contributed by atoms with E-state index in [1.54, 1.807) is 11.3 Å². The van der Waals surface area contributed by atoms with Crippen LogP contribution >= 0.6 is 34.7 Å². The third-order valence-corrected chi connectivity index (χ3v) is 3.53. The van der Waals surface area contributed by atoms with Crippen LogP contribution in [0.2, 0.25) is 5.15 Å². The molecule has 2 nitrogen and oxygen atoms in total. The number of halogens is 1. The molecule has 0 radical (unpaired) electrons. The minimum Gasteiger partial charge on any atom is -0.211 e. The fourth-order valence-electron chi connectivity index (χ4n) is 0.999. The van der Waals surface area contributed by atoms with E-state index in [4.69, 9.17) is 11.6 Å². The van der Waals surface area contributed by atoms with Gasteiger partial charge in [-0.25, -0.2) is 9.97 Å². The SMILES string of the molecule is C=CCSc1nc(Cl)c2ccsc2n1. The predicted molar refractivity (Wildman–Crippen MR) is 63.3 cm³/mol. The Balaban J connectivity index is 2.42. The maximum atomic E-state index is 6.00. The predicted octanol–water partition coefficient (Wildman–Crippen LogP) is 3.62. The number of hydrogen-bond acceptors (Lipinski definition) is 4. The normalized spacial score (nSPS) is 10.6. The largest absolute Gasteiger partial charge is 0.211 e. The van der Waals surface area contributed by atoms with Crippen LogP contribution in [-0.4, -0.2) is 15.7 Å². The Hall–Kier alpha value is -0.580. The fourth-order valence-corrected chi connectivity index (χ4v) is 2.74. The Morgan fingerprint density at radius 2 is 2.43 bits per heavy atom. The average Bonchev–Trinajstić information content (AvgIpc) is 2.63. The van der Waals surface area contributed by atoms with Crippen LogP contribution in [0.1, 0.15) is 0 Å². The molecule has 14 heavy (non-hydrogen) atoms. The molecule has 0 saturated carbocycles. The zero-order valence-electron chi connectivity index (χ0n) is 7.24. The number of fused-ring (bicyclic) bond motifs is 1. The van der Waals surface area contributed by atoms with Gasteiger partial charge in [-0.15, -0.1) is 17.9 Å². The molecule has 0 N–H and O–H groups in total. The van der Waals surface area contributed by atoms with Gasteiger partial charge in [0.1, 0.15) is 9.98 Å². The number of hydrogen-bond donors (Lipinski definition) is 0. The van der Waals surface area contributed by atoms with Gasteiger partial charge in [0.15, 0.2) is 5.16 Å². The Morgan fingerprint density at radius 3 is 3.21 bits per heavy atom. The summed E-state index contributed by atoms with van der Waals surface area (Å²) in [5.41, 5.74) is 0. The van der Waals surface area contributed by atoms with Crippen molar-refractivity contribution in [1.29, 1.82) is 0 Å². The highest BCUT2D eigenvalue weighted by Crippen LogP contribution is 2.27.